The molecule has 0 aliphatic carbocycles. The van der Waals surface area contributed by atoms with Crippen molar-refractivity contribution in [1.82, 2.24) is 20.0 Å². The van der Waals surface area contributed by atoms with Gasteiger partial charge in [-0.25, -0.2) is 0 Å². The van der Waals surface area contributed by atoms with E-state index in [0.29, 0.717) is 6.04 Å². The predicted molar refractivity (Wildman–Crippen MR) is 88.5 cm³/mol. The van der Waals surface area contributed by atoms with Crippen LogP contribution < -0.4 is 5.32 Å². The molecule has 1 saturated heterocycles. The molecular weight excluding hydrogens is 260 g/mol. The number of aryl methyl sites for hydroxylation is 2. The van der Waals surface area contributed by atoms with Crippen LogP contribution in [0.15, 0.2) is 6.07 Å². The summed E-state index contributed by atoms with van der Waals surface area (Å²) in [5, 5.41) is 8.33. The molecule has 0 amide bonds. The maximum atomic E-state index is 4.67. The van der Waals surface area contributed by atoms with E-state index in [-0.39, 0.29) is 5.54 Å². The molecule has 0 spiro atoms. The first-order valence-electron chi connectivity index (χ1n) is 8.47. The zero-order valence-corrected chi connectivity index (χ0v) is 14.4. The third-order valence-corrected chi connectivity index (χ3v) is 4.31. The predicted octanol–water partition coefficient (Wildman–Crippen LogP) is 2.82. The van der Waals surface area contributed by atoms with Gasteiger partial charge in [0.1, 0.15) is 0 Å². The number of hydrogen-bond acceptors (Lipinski definition) is 3. The van der Waals surface area contributed by atoms with E-state index in [1.807, 2.05) is 0 Å². The molecule has 1 unspecified atom stereocenters. The molecule has 1 aromatic heterocycles. The molecule has 2 heterocycles. The number of likely N-dealkylation sites (tertiary alicyclic amines) is 1. The van der Waals surface area contributed by atoms with E-state index < -0.39 is 0 Å². The van der Waals surface area contributed by atoms with Crippen LogP contribution >= 0.6 is 0 Å². The number of hydrogen-bond donors (Lipinski definition) is 1. The van der Waals surface area contributed by atoms with E-state index in [1.54, 1.807) is 0 Å². The Morgan fingerprint density at radius 3 is 2.71 bits per heavy atom. The monoisotopic (exact) mass is 292 g/mol. The Bertz CT molecular complexity index is 444. The highest BCUT2D eigenvalue weighted by Crippen LogP contribution is 2.21. The third-order valence-electron chi connectivity index (χ3n) is 4.31. The largest absolute Gasteiger partial charge is 0.311 e. The van der Waals surface area contributed by atoms with Gasteiger partial charge in [0.05, 0.1) is 11.4 Å². The van der Waals surface area contributed by atoms with Crippen LogP contribution in [0.3, 0.4) is 0 Å². The lowest BCUT2D eigenvalue weighted by atomic mass is 10.1. The maximum absolute atomic E-state index is 4.67. The van der Waals surface area contributed by atoms with Gasteiger partial charge in [0.15, 0.2) is 0 Å². The molecule has 4 nitrogen and oxygen atoms in total. The van der Waals surface area contributed by atoms with Crippen LogP contribution in [0.2, 0.25) is 0 Å². The molecule has 1 aliphatic rings. The first-order chi connectivity index (χ1) is 9.93. The molecular formula is C17H32N4. The van der Waals surface area contributed by atoms with E-state index in [0.717, 1.165) is 26.1 Å². The molecule has 1 aromatic rings. The van der Waals surface area contributed by atoms with Gasteiger partial charge in [-0.3, -0.25) is 9.58 Å². The molecule has 0 bridgehead atoms. The van der Waals surface area contributed by atoms with Gasteiger partial charge in [0, 0.05) is 31.2 Å². The highest BCUT2D eigenvalue weighted by molar-refractivity contribution is 5.11. The van der Waals surface area contributed by atoms with Crippen LogP contribution in [0.1, 0.15) is 58.8 Å². The van der Waals surface area contributed by atoms with E-state index in [9.17, 15) is 0 Å². The van der Waals surface area contributed by atoms with Crippen molar-refractivity contribution in [2.75, 3.05) is 13.1 Å². The summed E-state index contributed by atoms with van der Waals surface area (Å²) in [5.41, 5.74) is 2.79. The summed E-state index contributed by atoms with van der Waals surface area (Å²) in [6.07, 6.45) is 3.65. The Balaban J connectivity index is 1.99. The fourth-order valence-electron chi connectivity index (χ4n) is 3.06. The number of aromatic nitrogens is 2. The smallest absolute Gasteiger partial charge is 0.0625 e. The zero-order chi connectivity index (χ0) is 15.5. The Morgan fingerprint density at radius 1 is 1.33 bits per heavy atom. The van der Waals surface area contributed by atoms with Gasteiger partial charge in [-0.1, -0.05) is 6.92 Å². The van der Waals surface area contributed by atoms with Crippen molar-refractivity contribution < 1.29 is 0 Å². The molecule has 0 radical (unpaired) electrons. The average Bonchev–Trinajstić information content (AvgIpc) is 3.02. The van der Waals surface area contributed by atoms with E-state index in [4.69, 9.17) is 0 Å². The summed E-state index contributed by atoms with van der Waals surface area (Å²) in [7, 11) is 0. The normalized spacial score (nSPS) is 20.3. The summed E-state index contributed by atoms with van der Waals surface area (Å²) in [4.78, 5) is 2.63. The maximum Gasteiger partial charge on any atom is 0.0625 e. The average molecular weight is 292 g/mol. The second kappa shape index (κ2) is 6.93. The summed E-state index contributed by atoms with van der Waals surface area (Å²) < 4.78 is 2.17. The first-order valence-corrected chi connectivity index (χ1v) is 8.47. The number of nitrogens with zero attached hydrogens (tertiary/aromatic N) is 3. The second-order valence-electron chi connectivity index (χ2n) is 7.19. The highest BCUT2D eigenvalue weighted by atomic mass is 15.3. The van der Waals surface area contributed by atoms with Gasteiger partial charge >= 0.3 is 0 Å². The molecule has 120 valence electrons. The van der Waals surface area contributed by atoms with Crippen molar-refractivity contribution >= 4 is 0 Å². The Hall–Kier alpha value is -0.870. The lowest BCUT2D eigenvalue weighted by molar-refractivity contribution is 0.220. The van der Waals surface area contributed by atoms with Crippen molar-refractivity contribution in [3.8, 4) is 0 Å². The highest BCUT2D eigenvalue weighted by Gasteiger charge is 2.26. The van der Waals surface area contributed by atoms with Crippen molar-refractivity contribution in [1.29, 1.82) is 0 Å². The van der Waals surface area contributed by atoms with Crippen LogP contribution in [-0.4, -0.2) is 39.4 Å². The topological polar surface area (TPSA) is 33.1 Å². The summed E-state index contributed by atoms with van der Waals surface area (Å²) in [5.74, 6) is 0. The van der Waals surface area contributed by atoms with Gasteiger partial charge < -0.3 is 5.32 Å². The Morgan fingerprint density at radius 2 is 2.10 bits per heavy atom. The quantitative estimate of drug-likeness (QED) is 0.875. The minimum absolute atomic E-state index is 0.203. The molecule has 0 aromatic carbocycles. The van der Waals surface area contributed by atoms with Crippen LogP contribution in [0.5, 0.6) is 0 Å². The molecule has 1 atom stereocenters. The minimum Gasteiger partial charge on any atom is -0.311 e. The van der Waals surface area contributed by atoms with Crippen LogP contribution in [-0.2, 0) is 19.5 Å². The molecule has 1 aliphatic heterocycles. The standard InChI is InChI=1S/C17H32N4/c1-6-14-11-16(21(7-2)19-14)13-20-10-8-9-15(20)12-18-17(3,4)5/h11,15,18H,6-10,12-13H2,1-5H3. The summed E-state index contributed by atoms with van der Waals surface area (Å²) in [6.45, 7) is 15.4. The van der Waals surface area contributed by atoms with Gasteiger partial charge in [-0.15, -0.1) is 0 Å². The first kappa shape index (κ1) is 16.5. The van der Waals surface area contributed by atoms with Crippen LogP contribution in [0.25, 0.3) is 0 Å². The van der Waals surface area contributed by atoms with Gasteiger partial charge in [-0.05, 0) is 59.6 Å². The van der Waals surface area contributed by atoms with Crippen molar-refractivity contribution in [2.24, 2.45) is 0 Å². The number of rotatable bonds is 6. The van der Waals surface area contributed by atoms with Crippen LogP contribution in [0, 0.1) is 0 Å². The Kier molecular flexibility index (Phi) is 5.44. The van der Waals surface area contributed by atoms with Crippen molar-refractivity contribution in [3.05, 3.63) is 17.5 Å². The molecule has 1 fully saturated rings. The molecule has 21 heavy (non-hydrogen) atoms. The van der Waals surface area contributed by atoms with Crippen molar-refractivity contribution in [3.63, 3.8) is 0 Å². The lowest BCUT2D eigenvalue weighted by Gasteiger charge is -2.29. The molecule has 1 N–H and O–H groups in total. The molecule has 2 rings (SSSR count). The van der Waals surface area contributed by atoms with E-state index in [1.165, 1.54) is 30.8 Å². The lowest BCUT2D eigenvalue weighted by Crippen LogP contribution is -2.45. The summed E-state index contributed by atoms with van der Waals surface area (Å²) in [6, 6.07) is 2.95. The third kappa shape index (κ3) is 4.55. The number of nitrogens with one attached hydrogen (secondary N) is 1. The molecule has 4 heteroatoms. The molecule has 0 saturated carbocycles. The Labute approximate surface area is 129 Å². The zero-order valence-electron chi connectivity index (χ0n) is 14.4. The van der Waals surface area contributed by atoms with Gasteiger partial charge in [0.25, 0.3) is 0 Å². The SMILES string of the molecule is CCc1cc(CN2CCCC2CNC(C)(C)C)n(CC)n1. The van der Waals surface area contributed by atoms with Crippen molar-refractivity contribution in [2.45, 2.75) is 78.6 Å². The van der Waals surface area contributed by atoms with E-state index in [2.05, 4.69) is 60.7 Å². The fourth-order valence-corrected chi connectivity index (χ4v) is 3.06. The van der Waals surface area contributed by atoms with Gasteiger partial charge in [-0.2, -0.15) is 5.10 Å². The minimum atomic E-state index is 0.203. The van der Waals surface area contributed by atoms with Gasteiger partial charge in [0.2, 0.25) is 0 Å². The van der Waals surface area contributed by atoms with E-state index >= 15 is 0 Å². The fraction of sp³-hybridized carbons (Fsp3) is 0.824. The summed E-state index contributed by atoms with van der Waals surface area (Å²) >= 11 is 0. The van der Waals surface area contributed by atoms with Crippen LogP contribution in [0.4, 0.5) is 0 Å². The second-order valence-corrected chi connectivity index (χ2v) is 7.19.